The molecular weight excluding hydrogens is 467 g/mol. The van der Waals surface area contributed by atoms with Gasteiger partial charge in [-0.25, -0.2) is 9.96 Å². The molecular formula is C24H18Cl2N2O5. The second kappa shape index (κ2) is 8.26. The molecule has 2 aliphatic heterocycles. The highest BCUT2D eigenvalue weighted by molar-refractivity contribution is 6.31. The van der Waals surface area contributed by atoms with Gasteiger partial charge in [-0.2, -0.15) is 0 Å². The highest BCUT2D eigenvalue weighted by Crippen LogP contribution is 2.48. The Kier molecular flexibility index (Phi) is 5.40. The molecule has 3 aromatic carbocycles. The SMILES string of the molecule is COc1cc([C@H]2[C@H]3C(=O)N(c4ccc(Cl)cc4)C(=O)[C@@H]3ON2c2ccc(Cl)cc2)ccc1O. The van der Waals surface area contributed by atoms with E-state index in [9.17, 15) is 14.7 Å². The molecule has 2 fully saturated rings. The van der Waals surface area contributed by atoms with Crippen molar-refractivity contribution in [2.24, 2.45) is 5.92 Å². The number of carbonyl (C=O) groups excluding carboxylic acids is 2. The Morgan fingerprint density at radius 1 is 0.879 bits per heavy atom. The lowest BCUT2D eigenvalue weighted by atomic mass is 9.90. The number of amides is 2. The number of benzene rings is 3. The van der Waals surface area contributed by atoms with Gasteiger partial charge in [-0.05, 0) is 66.2 Å². The Balaban J connectivity index is 1.60. The summed E-state index contributed by atoms with van der Waals surface area (Å²) in [5.74, 6) is -1.46. The summed E-state index contributed by atoms with van der Waals surface area (Å²) in [6.07, 6.45) is -1.02. The molecule has 2 aliphatic rings. The van der Waals surface area contributed by atoms with Gasteiger partial charge in [0.25, 0.3) is 5.91 Å². The number of hydrogen-bond acceptors (Lipinski definition) is 6. The molecule has 2 saturated heterocycles. The van der Waals surface area contributed by atoms with Gasteiger partial charge in [-0.3, -0.25) is 14.4 Å². The molecule has 0 saturated carbocycles. The van der Waals surface area contributed by atoms with Crippen molar-refractivity contribution in [3.05, 3.63) is 82.3 Å². The zero-order valence-corrected chi connectivity index (χ0v) is 18.8. The lowest BCUT2D eigenvalue weighted by Gasteiger charge is -2.29. The van der Waals surface area contributed by atoms with Crippen LogP contribution in [0.4, 0.5) is 11.4 Å². The normalized spacial score (nSPS) is 22.1. The number of methoxy groups -OCH3 is 1. The van der Waals surface area contributed by atoms with Crippen molar-refractivity contribution in [3.8, 4) is 11.5 Å². The third-order valence-electron chi connectivity index (χ3n) is 5.83. The Morgan fingerprint density at radius 2 is 1.48 bits per heavy atom. The van der Waals surface area contributed by atoms with Crippen LogP contribution in [-0.2, 0) is 14.4 Å². The maximum absolute atomic E-state index is 13.6. The monoisotopic (exact) mass is 484 g/mol. The van der Waals surface area contributed by atoms with Crippen LogP contribution in [0.25, 0.3) is 0 Å². The lowest BCUT2D eigenvalue weighted by molar-refractivity contribution is -0.126. The second-order valence-corrected chi connectivity index (χ2v) is 8.59. The minimum Gasteiger partial charge on any atom is -0.504 e. The van der Waals surface area contributed by atoms with E-state index in [4.69, 9.17) is 32.8 Å². The lowest BCUT2D eigenvalue weighted by Crippen LogP contribution is -2.37. The summed E-state index contributed by atoms with van der Waals surface area (Å²) in [6.45, 7) is 0. The number of phenols is 1. The fourth-order valence-electron chi connectivity index (χ4n) is 4.29. The first-order chi connectivity index (χ1) is 15.9. The molecule has 0 unspecified atom stereocenters. The van der Waals surface area contributed by atoms with Gasteiger partial charge < -0.3 is 9.84 Å². The molecule has 7 nitrogen and oxygen atoms in total. The van der Waals surface area contributed by atoms with Gasteiger partial charge in [0, 0.05) is 10.0 Å². The predicted octanol–water partition coefficient (Wildman–Crippen LogP) is 4.76. The summed E-state index contributed by atoms with van der Waals surface area (Å²) in [5.41, 5.74) is 1.70. The molecule has 168 valence electrons. The molecule has 3 aromatic rings. The standard InChI is InChI=1S/C24H18Cl2N2O5/c1-32-19-12-13(2-11-18(19)29)21-20-22(33-28(21)17-9-5-15(26)6-10-17)24(31)27(23(20)30)16-7-3-14(25)4-8-16/h2-12,20-22,29H,1H3/t20-,21+,22-/m1/s1. The van der Waals surface area contributed by atoms with E-state index in [0.29, 0.717) is 27.0 Å². The smallest absolute Gasteiger partial charge is 0.266 e. The first kappa shape index (κ1) is 21.6. The van der Waals surface area contributed by atoms with Crippen LogP contribution in [0.1, 0.15) is 11.6 Å². The van der Waals surface area contributed by atoms with Crippen molar-refractivity contribution in [2.75, 3.05) is 17.1 Å². The van der Waals surface area contributed by atoms with Gasteiger partial charge in [0.05, 0.1) is 24.5 Å². The number of fused-ring (bicyclic) bond motifs is 1. The largest absolute Gasteiger partial charge is 0.504 e. The number of anilines is 2. The van der Waals surface area contributed by atoms with Crippen molar-refractivity contribution in [1.29, 1.82) is 0 Å². The summed E-state index contributed by atoms with van der Waals surface area (Å²) in [7, 11) is 1.44. The van der Waals surface area contributed by atoms with Crippen molar-refractivity contribution < 1.29 is 24.3 Å². The highest BCUT2D eigenvalue weighted by atomic mass is 35.5. The first-order valence-corrected chi connectivity index (χ1v) is 10.9. The van der Waals surface area contributed by atoms with Crippen LogP contribution < -0.4 is 14.7 Å². The van der Waals surface area contributed by atoms with Crippen LogP contribution in [0, 0.1) is 5.92 Å². The van der Waals surface area contributed by atoms with Gasteiger partial charge in [0.15, 0.2) is 17.6 Å². The zero-order valence-electron chi connectivity index (χ0n) is 17.3. The van der Waals surface area contributed by atoms with Crippen LogP contribution in [-0.4, -0.2) is 30.1 Å². The second-order valence-electron chi connectivity index (χ2n) is 7.72. The van der Waals surface area contributed by atoms with E-state index in [1.165, 1.54) is 13.2 Å². The van der Waals surface area contributed by atoms with Crippen molar-refractivity contribution in [2.45, 2.75) is 12.1 Å². The number of nitrogens with zero attached hydrogens (tertiary/aromatic N) is 2. The number of hydroxylamine groups is 1. The molecule has 2 amide bonds. The number of phenolic OH excluding ortho intramolecular Hbond substituents is 1. The third-order valence-corrected chi connectivity index (χ3v) is 6.33. The Hall–Kier alpha value is -3.26. The van der Waals surface area contributed by atoms with E-state index >= 15 is 0 Å². The molecule has 33 heavy (non-hydrogen) atoms. The molecule has 0 aliphatic carbocycles. The summed E-state index contributed by atoms with van der Waals surface area (Å²) < 4.78 is 5.26. The summed E-state index contributed by atoms with van der Waals surface area (Å²) in [4.78, 5) is 34.1. The van der Waals surface area contributed by atoms with E-state index in [1.807, 2.05) is 0 Å². The van der Waals surface area contributed by atoms with E-state index in [0.717, 1.165) is 4.90 Å². The Bertz CT molecular complexity index is 1230. The van der Waals surface area contributed by atoms with Crippen LogP contribution in [0.3, 0.4) is 0 Å². The highest BCUT2D eigenvalue weighted by Gasteiger charge is 2.60. The van der Waals surface area contributed by atoms with Crippen LogP contribution in [0.5, 0.6) is 11.5 Å². The third kappa shape index (κ3) is 3.58. The van der Waals surface area contributed by atoms with E-state index in [2.05, 4.69) is 0 Å². The molecule has 2 heterocycles. The van der Waals surface area contributed by atoms with Gasteiger partial charge in [0.2, 0.25) is 5.91 Å². The van der Waals surface area contributed by atoms with Gasteiger partial charge in [-0.15, -0.1) is 0 Å². The molecule has 0 spiro atoms. The van der Waals surface area contributed by atoms with E-state index in [1.54, 1.807) is 65.7 Å². The Morgan fingerprint density at radius 3 is 2.09 bits per heavy atom. The number of halogens is 2. The summed E-state index contributed by atoms with van der Waals surface area (Å²) in [5, 5.41) is 12.7. The average Bonchev–Trinajstić information content (AvgIpc) is 3.32. The maximum atomic E-state index is 13.6. The van der Waals surface area contributed by atoms with Gasteiger partial charge in [-0.1, -0.05) is 29.3 Å². The van der Waals surface area contributed by atoms with Crippen LogP contribution >= 0.6 is 23.2 Å². The van der Waals surface area contributed by atoms with Crippen LogP contribution in [0.15, 0.2) is 66.7 Å². The first-order valence-electron chi connectivity index (χ1n) is 10.1. The van der Waals surface area contributed by atoms with E-state index < -0.39 is 24.0 Å². The Labute approximate surface area is 199 Å². The van der Waals surface area contributed by atoms with Gasteiger partial charge >= 0.3 is 0 Å². The number of rotatable bonds is 4. The zero-order chi connectivity index (χ0) is 23.3. The quantitative estimate of drug-likeness (QED) is 0.537. The maximum Gasteiger partial charge on any atom is 0.266 e. The molecule has 1 N–H and O–H groups in total. The molecule has 5 rings (SSSR count). The molecule has 3 atom stereocenters. The minimum absolute atomic E-state index is 0.0358. The van der Waals surface area contributed by atoms with Gasteiger partial charge in [0.1, 0.15) is 5.92 Å². The molecule has 0 aromatic heterocycles. The fourth-order valence-corrected chi connectivity index (χ4v) is 4.54. The van der Waals surface area contributed by atoms with Crippen molar-refractivity contribution in [1.82, 2.24) is 0 Å². The fraction of sp³-hybridized carbons (Fsp3) is 0.167. The molecule has 9 heteroatoms. The predicted molar refractivity (Wildman–Crippen MR) is 124 cm³/mol. The van der Waals surface area contributed by atoms with E-state index in [-0.39, 0.29) is 17.4 Å². The molecule has 0 radical (unpaired) electrons. The average molecular weight is 485 g/mol. The van der Waals surface area contributed by atoms with Crippen LogP contribution in [0.2, 0.25) is 10.0 Å². The number of aromatic hydroxyl groups is 1. The van der Waals surface area contributed by atoms with Crippen molar-refractivity contribution in [3.63, 3.8) is 0 Å². The number of ether oxygens (including phenoxy) is 1. The van der Waals surface area contributed by atoms with Crippen molar-refractivity contribution >= 4 is 46.4 Å². The topological polar surface area (TPSA) is 79.3 Å². The number of hydrogen-bond donors (Lipinski definition) is 1. The summed E-state index contributed by atoms with van der Waals surface area (Å²) in [6, 6.07) is 17.5. The molecule has 0 bridgehead atoms. The number of imide groups is 1. The number of carbonyl (C=O) groups is 2. The summed E-state index contributed by atoms with van der Waals surface area (Å²) >= 11 is 12.0. The minimum atomic E-state index is -1.02.